The molecule has 0 bridgehead atoms. The van der Waals surface area contributed by atoms with Crippen LogP contribution in [0.25, 0.3) is 0 Å². The number of halogens is 1. The molecule has 1 aromatic rings. The van der Waals surface area contributed by atoms with E-state index in [0.29, 0.717) is 12.0 Å². The van der Waals surface area contributed by atoms with Crippen molar-refractivity contribution in [2.45, 2.75) is 56.3 Å². The molecule has 2 atom stereocenters. The summed E-state index contributed by atoms with van der Waals surface area (Å²) in [5.74, 6) is 3.82. The lowest BCUT2D eigenvalue weighted by molar-refractivity contribution is 0.481. The standard InChI is InChI=1S/C12H18BrN3/c1-8-3-2-4-10(8)12-15-14-11(7-13)16(12)9-5-6-9/h8-10H,2-7H2,1H3. The quantitative estimate of drug-likeness (QED) is 0.796. The van der Waals surface area contributed by atoms with Gasteiger partial charge in [0.1, 0.15) is 11.6 Å². The van der Waals surface area contributed by atoms with Crippen LogP contribution in [0.15, 0.2) is 0 Å². The van der Waals surface area contributed by atoms with E-state index in [1.54, 1.807) is 0 Å². The highest BCUT2D eigenvalue weighted by molar-refractivity contribution is 9.08. The van der Waals surface area contributed by atoms with Crippen molar-refractivity contribution in [1.82, 2.24) is 14.8 Å². The first-order valence-electron chi connectivity index (χ1n) is 6.31. The number of hydrogen-bond donors (Lipinski definition) is 0. The molecule has 0 saturated heterocycles. The molecule has 0 amide bonds. The summed E-state index contributed by atoms with van der Waals surface area (Å²) >= 11 is 3.52. The van der Waals surface area contributed by atoms with E-state index in [1.165, 1.54) is 37.9 Å². The molecule has 2 unspecified atom stereocenters. The second-order valence-corrected chi connectivity index (χ2v) is 5.78. The van der Waals surface area contributed by atoms with Crippen LogP contribution < -0.4 is 0 Å². The molecule has 0 spiro atoms. The molecule has 88 valence electrons. The maximum Gasteiger partial charge on any atom is 0.143 e. The predicted octanol–water partition coefficient (Wildman–Crippen LogP) is 3.41. The summed E-state index contributed by atoms with van der Waals surface area (Å²) in [5, 5.41) is 9.64. The van der Waals surface area contributed by atoms with Crippen LogP contribution in [0.2, 0.25) is 0 Å². The summed E-state index contributed by atoms with van der Waals surface area (Å²) in [6.45, 7) is 2.36. The second kappa shape index (κ2) is 4.13. The molecule has 1 heterocycles. The zero-order valence-electron chi connectivity index (χ0n) is 9.69. The first-order valence-corrected chi connectivity index (χ1v) is 7.43. The van der Waals surface area contributed by atoms with Gasteiger partial charge in [0.05, 0.1) is 5.33 Å². The Morgan fingerprint density at radius 1 is 1.25 bits per heavy atom. The van der Waals surface area contributed by atoms with Gasteiger partial charge in [0.2, 0.25) is 0 Å². The van der Waals surface area contributed by atoms with Crippen molar-refractivity contribution in [3.63, 3.8) is 0 Å². The van der Waals surface area contributed by atoms with Gasteiger partial charge in [0, 0.05) is 12.0 Å². The fourth-order valence-corrected chi connectivity index (χ4v) is 3.32. The number of rotatable bonds is 3. The van der Waals surface area contributed by atoms with Crippen LogP contribution in [0.1, 0.15) is 62.6 Å². The third-order valence-corrected chi connectivity index (χ3v) is 4.52. The van der Waals surface area contributed by atoms with Crippen LogP contribution in [0.3, 0.4) is 0 Å². The van der Waals surface area contributed by atoms with Gasteiger partial charge in [0.25, 0.3) is 0 Å². The van der Waals surface area contributed by atoms with Gasteiger partial charge in [-0.3, -0.25) is 0 Å². The van der Waals surface area contributed by atoms with Crippen molar-refractivity contribution in [1.29, 1.82) is 0 Å². The molecule has 2 aliphatic carbocycles. The zero-order valence-corrected chi connectivity index (χ0v) is 11.3. The Bertz CT molecular complexity index is 384. The van der Waals surface area contributed by atoms with Gasteiger partial charge >= 0.3 is 0 Å². The Balaban J connectivity index is 1.96. The first-order chi connectivity index (χ1) is 7.81. The fourth-order valence-electron chi connectivity index (χ4n) is 2.94. The van der Waals surface area contributed by atoms with Crippen LogP contribution in [0, 0.1) is 5.92 Å². The van der Waals surface area contributed by atoms with Gasteiger partial charge in [-0.2, -0.15) is 0 Å². The van der Waals surface area contributed by atoms with E-state index in [0.717, 1.165) is 17.1 Å². The Hall–Kier alpha value is -0.380. The summed E-state index contributed by atoms with van der Waals surface area (Å²) in [7, 11) is 0. The van der Waals surface area contributed by atoms with Gasteiger partial charge in [-0.05, 0) is 31.6 Å². The van der Waals surface area contributed by atoms with E-state index in [-0.39, 0.29) is 0 Å². The highest BCUT2D eigenvalue weighted by Gasteiger charge is 2.35. The smallest absolute Gasteiger partial charge is 0.143 e. The minimum Gasteiger partial charge on any atom is -0.311 e. The lowest BCUT2D eigenvalue weighted by Crippen LogP contribution is -2.12. The molecular formula is C12H18BrN3. The summed E-state index contributed by atoms with van der Waals surface area (Å²) < 4.78 is 2.42. The van der Waals surface area contributed by atoms with Crippen molar-refractivity contribution >= 4 is 15.9 Å². The summed E-state index contributed by atoms with van der Waals surface area (Å²) in [6.07, 6.45) is 6.63. The number of alkyl halides is 1. The number of hydrogen-bond acceptors (Lipinski definition) is 2. The van der Waals surface area contributed by atoms with Crippen molar-refractivity contribution in [3.8, 4) is 0 Å². The Morgan fingerprint density at radius 2 is 2.06 bits per heavy atom. The molecule has 2 fully saturated rings. The zero-order chi connectivity index (χ0) is 11.1. The highest BCUT2D eigenvalue weighted by Crippen LogP contribution is 2.43. The fraction of sp³-hybridized carbons (Fsp3) is 0.833. The first kappa shape index (κ1) is 10.8. The molecule has 16 heavy (non-hydrogen) atoms. The Kier molecular flexibility index (Phi) is 2.78. The SMILES string of the molecule is CC1CCCC1c1nnc(CBr)n1C1CC1. The van der Waals surface area contributed by atoms with Crippen LogP contribution >= 0.6 is 15.9 Å². The van der Waals surface area contributed by atoms with Crippen LogP contribution in [-0.4, -0.2) is 14.8 Å². The van der Waals surface area contributed by atoms with E-state index in [2.05, 4.69) is 37.6 Å². The molecule has 3 rings (SSSR count). The number of aromatic nitrogens is 3. The topological polar surface area (TPSA) is 30.7 Å². The normalized spacial score (nSPS) is 29.9. The minimum atomic E-state index is 0.654. The Labute approximate surface area is 105 Å². The van der Waals surface area contributed by atoms with Crippen LogP contribution in [-0.2, 0) is 5.33 Å². The summed E-state index contributed by atoms with van der Waals surface area (Å²) in [5.41, 5.74) is 0. The van der Waals surface area contributed by atoms with Crippen molar-refractivity contribution in [3.05, 3.63) is 11.6 Å². The van der Waals surface area contributed by atoms with E-state index >= 15 is 0 Å². The van der Waals surface area contributed by atoms with Crippen LogP contribution in [0.4, 0.5) is 0 Å². The Morgan fingerprint density at radius 3 is 2.62 bits per heavy atom. The molecule has 0 radical (unpaired) electrons. The molecule has 2 saturated carbocycles. The van der Waals surface area contributed by atoms with Crippen molar-refractivity contribution in [2.75, 3.05) is 0 Å². The average Bonchev–Trinajstić information content (AvgIpc) is 2.90. The number of nitrogens with zero attached hydrogens (tertiary/aromatic N) is 3. The van der Waals surface area contributed by atoms with Crippen molar-refractivity contribution in [2.24, 2.45) is 5.92 Å². The van der Waals surface area contributed by atoms with Crippen molar-refractivity contribution < 1.29 is 0 Å². The van der Waals surface area contributed by atoms with E-state index in [4.69, 9.17) is 0 Å². The molecule has 4 heteroatoms. The summed E-state index contributed by atoms with van der Waals surface area (Å²) in [4.78, 5) is 0. The average molecular weight is 284 g/mol. The lowest BCUT2D eigenvalue weighted by Gasteiger charge is -2.16. The third kappa shape index (κ3) is 1.71. The monoisotopic (exact) mass is 283 g/mol. The molecule has 1 aromatic heterocycles. The van der Waals surface area contributed by atoms with Crippen LogP contribution in [0.5, 0.6) is 0 Å². The second-order valence-electron chi connectivity index (χ2n) is 5.22. The molecule has 0 N–H and O–H groups in total. The highest BCUT2D eigenvalue weighted by atomic mass is 79.9. The minimum absolute atomic E-state index is 0.654. The van der Waals surface area contributed by atoms with Gasteiger partial charge < -0.3 is 4.57 Å². The van der Waals surface area contributed by atoms with Gasteiger partial charge in [-0.25, -0.2) is 0 Å². The van der Waals surface area contributed by atoms with E-state index in [1.807, 2.05) is 0 Å². The van der Waals surface area contributed by atoms with E-state index < -0.39 is 0 Å². The molecule has 0 aromatic carbocycles. The molecule has 3 nitrogen and oxygen atoms in total. The predicted molar refractivity (Wildman–Crippen MR) is 66.7 cm³/mol. The molecule has 0 aliphatic heterocycles. The molecular weight excluding hydrogens is 266 g/mol. The van der Waals surface area contributed by atoms with Gasteiger partial charge in [-0.1, -0.05) is 29.3 Å². The lowest BCUT2D eigenvalue weighted by atomic mass is 9.97. The largest absolute Gasteiger partial charge is 0.311 e. The van der Waals surface area contributed by atoms with Gasteiger partial charge in [0.15, 0.2) is 0 Å². The molecule has 2 aliphatic rings. The maximum atomic E-state index is 4.46. The van der Waals surface area contributed by atoms with Gasteiger partial charge in [-0.15, -0.1) is 10.2 Å². The third-order valence-electron chi connectivity index (χ3n) is 4.02. The maximum absolute atomic E-state index is 4.46. The summed E-state index contributed by atoms with van der Waals surface area (Å²) in [6, 6.07) is 0.699. The van der Waals surface area contributed by atoms with E-state index in [9.17, 15) is 0 Å².